The first-order chi connectivity index (χ1) is 15.0. The van der Waals surface area contributed by atoms with E-state index in [1.54, 1.807) is 11.8 Å². The zero-order valence-corrected chi connectivity index (χ0v) is 17.6. The van der Waals surface area contributed by atoms with Crippen LogP contribution in [0.1, 0.15) is 25.3 Å². The number of nitrogens with one attached hydrogen (secondary N) is 1. The second kappa shape index (κ2) is 8.79. The van der Waals surface area contributed by atoms with Crippen LogP contribution in [-0.2, 0) is 16.0 Å². The first-order valence-electron chi connectivity index (χ1n) is 10.7. The molecule has 0 bridgehead atoms. The fourth-order valence-electron chi connectivity index (χ4n) is 4.22. The molecule has 0 aromatic heterocycles. The average molecular weight is 421 g/mol. The van der Waals surface area contributed by atoms with Crippen molar-refractivity contribution in [3.8, 4) is 5.75 Å². The normalized spacial score (nSPS) is 18.7. The molecule has 2 fully saturated rings. The van der Waals surface area contributed by atoms with E-state index < -0.39 is 11.6 Å². The first-order valence-corrected chi connectivity index (χ1v) is 10.7. The van der Waals surface area contributed by atoms with Gasteiger partial charge in [-0.2, -0.15) is 0 Å². The van der Waals surface area contributed by atoms with Crippen LogP contribution in [0.5, 0.6) is 5.75 Å². The molecule has 2 aliphatic rings. The molecular weight excluding hydrogens is 394 g/mol. The molecule has 2 aromatic rings. The fraction of sp³-hybridized carbons (Fsp3) is 0.375. The minimum atomic E-state index is -0.909. The van der Waals surface area contributed by atoms with E-state index in [1.807, 2.05) is 60.7 Å². The highest BCUT2D eigenvalue weighted by molar-refractivity contribution is 6.07. The van der Waals surface area contributed by atoms with Crippen molar-refractivity contribution in [3.05, 3.63) is 66.2 Å². The molecule has 162 valence electrons. The maximum atomic E-state index is 13.1. The van der Waals surface area contributed by atoms with E-state index in [4.69, 9.17) is 4.74 Å². The summed E-state index contributed by atoms with van der Waals surface area (Å²) in [6, 6.07) is 18.7. The van der Waals surface area contributed by atoms with Gasteiger partial charge < -0.3 is 15.0 Å². The number of nitrogens with zero attached hydrogens (tertiary/aromatic N) is 2. The van der Waals surface area contributed by atoms with E-state index in [0.29, 0.717) is 44.6 Å². The smallest absolute Gasteiger partial charge is 0.325 e. The van der Waals surface area contributed by atoms with E-state index in [2.05, 4.69) is 5.32 Å². The van der Waals surface area contributed by atoms with Crippen molar-refractivity contribution in [2.75, 3.05) is 19.6 Å². The molecule has 0 unspecified atom stereocenters. The van der Waals surface area contributed by atoms with E-state index in [0.717, 1.165) is 5.56 Å². The van der Waals surface area contributed by atoms with E-state index >= 15 is 0 Å². The summed E-state index contributed by atoms with van der Waals surface area (Å²) in [7, 11) is 0. The van der Waals surface area contributed by atoms with Crippen molar-refractivity contribution in [1.29, 1.82) is 0 Å². The molecular formula is C24H27N3O4. The summed E-state index contributed by atoms with van der Waals surface area (Å²) in [5, 5.41) is 2.90. The molecule has 1 spiro atoms. The lowest BCUT2D eigenvalue weighted by Gasteiger charge is -2.38. The van der Waals surface area contributed by atoms with Gasteiger partial charge in [0, 0.05) is 19.6 Å². The Morgan fingerprint density at radius 3 is 2.29 bits per heavy atom. The second-order valence-electron chi connectivity index (χ2n) is 8.10. The highest BCUT2D eigenvalue weighted by atomic mass is 16.5. The summed E-state index contributed by atoms with van der Waals surface area (Å²) in [6.45, 7) is 2.88. The highest BCUT2D eigenvalue weighted by Gasteiger charge is 2.52. The van der Waals surface area contributed by atoms with Gasteiger partial charge >= 0.3 is 6.03 Å². The van der Waals surface area contributed by atoms with E-state index in [1.165, 1.54) is 4.90 Å². The Morgan fingerprint density at radius 1 is 1.03 bits per heavy atom. The average Bonchev–Trinajstić information content (AvgIpc) is 3.02. The third-order valence-electron chi connectivity index (χ3n) is 6.05. The van der Waals surface area contributed by atoms with Crippen molar-refractivity contribution in [2.24, 2.45) is 0 Å². The Labute approximate surface area is 182 Å². The number of carbonyl (C=O) groups is 3. The van der Waals surface area contributed by atoms with Crippen LogP contribution in [-0.4, -0.2) is 58.9 Å². The van der Waals surface area contributed by atoms with Crippen LogP contribution in [0.4, 0.5) is 4.79 Å². The molecule has 0 aliphatic carbocycles. The van der Waals surface area contributed by atoms with Gasteiger partial charge in [-0.25, -0.2) is 4.79 Å². The third-order valence-corrected chi connectivity index (χ3v) is 6.05. The van der Waals surface area contributed by atoms with Gasteiger partial charge in [-0.05, 0) is 43.9 Å². The third kappa shape index (κ3) is 4.40. The molecule has 7 nitrogen and oxygen atoms in total. The fourth-order valence-corrected chi connectivity index (χ4v) is 4.22. The van der Waals surface area contributed by atoms with Crippen molar-refractivity contribution < 1.29 is 19.1 Å². The number of imide groups is 1. The Hall–Kier alpha value is -3.35. The van der Waals surface area contributed by atoms with Crippen LogP contribution >= 0.6 is 0 Å². The standard InChI is InChI=1S/C24H27N3O4/c1-18(31-20-10-6-3-7-11-20)21(28)26-16-13-24(14-17-26)22(29)27(23(30)25-24)15-12-19-8-4-2-5-9-19/h2-11,18H,12-17H2,1H3,(H,25,30)/t18-/m0/s1. The molecule has 0 saturated carbocycles. The van der Waals surface area contributed by atoms with Gasteiger partial charge in [0.1, 0.15) is 11.3 Å². The summed E-state index contributed by atoms with van der Waals surface area (Å²) in [5.74, 6) is 0.342. The van der Waals surface area contributed by atoms with E-state index in [9.17, 15) is 14.4 Å². The van der Waals surface area contributed by atoms with Gasteiger partial charge in [0.25, 0.3) is 11.8 Å². The van der Waals surface area contributed by atoms with Crippen molar-refractivity contribution >= 4 is 17.8 Å². The first kappa shape index (κ1) is 20.9. The quantitative estimate of drug-likeness (QED) is 0.728. The van der Waals surface area contributed by atoms with Gasteiger partial charge in [0.05, 0.1) is 0 Å². The monoisotopic (exact) mass is 421 g/mol. The molecule has 1 N–H and O–H groups in total. The lowest BCUT2D eigenvalue weighted by molar-refractivity contribution is -0.142. The molecule has 1 atom stereocenters. The van der Waals surface area contributed by atoms with Gasteiger partial charge in [-0.1, -0.05) is 48.5 Å². The number of carbonyl (C=O) groups excluding carboxylic acids is 3. The number of piperidine rings is 1. The lowest BCUT2D eigenvalue weighted by Crippen LogP contribution is -2.57. The topological polar surface area (TPSA) is 79.0 Å². The van der Waals surface area contributed by atoms with Crippen molar-refractivity contribution in [2.45, 2.75) is 37.8 Å². The van der Waals surface area contributed by atoms with Gasteiger partial charge in [-0.15, -0.1) is 0 Å². The molecule has 4 rings (SSSR count). The van der Waals surface area contributed by atoms with Crippen LogP contribution in [0.15, 0.2) is 60.7 Å². The summed E-state index contributed by atoms with van der Waals surface area (Å²) in [6.07, 6.45) is 0.814. The number of para-hydroxylation sites is 1. The van der Waals surface area contributed by atoms with Crippen LogP contribution < -0.4 is 10.1 Å². The number of rotatable bonds is 6. The SMILES string of the molecule is C[C@H](Oc1ccccc1)C(=O)N1CCC2(CC1)NC(=O)N(CCc1ccccc1)C2=O. The molecule has 2 saturated heterocycles. The highest BCUT2D eigenvalue weighted by Crippen LogP contribution is 2.30. The van der Waals surface area contributed by atoms with Crippen LogP contribution in [0.25, 0.3) is 0 Å². The Morgan fingerprint density at radius 2 is 1.65 bits per heavy atom. The zero-order chi connectivity index (χ0) is 21.8. The molecule has 31 heavy (non-hydrogen) atoms. The van der Waals surface area contributed by atoms with Crippen LogP contribution in [0, 0.1) is 0 Å². The molecule has 2 heterocycles. The van der Waals surface area contributed by atoms with Gasteiger partial charge in [0.15, 0.2) is 6.10 Å². The molecule has 2 aromatic carbocycles. The minimum absolute atomic E-state index is 0.114. The van der Waals surface area contributed by atoms with E-state index in [-0.39, 0.29) is 17.8 Å². The number of amides is 4. The van der Waals surface area contributed by atoms with Gasteiger partial charge in [-0.3, -0.25) is 14.5 Å². The van der Waals surface area contributed by atoms with Crippen molar-refractivity contribution in [3.63, 3.8) is 0 Å². The largest absolute Gasteiger partial charge is 0.481 e. The Balaban J connectivity index is 1.33. The molecule has 0 radical (unpaired) electrons. The molecule has 4 amide bonds. The Bertz CT molecular complexity index is 940. The maximum absolute atomic E-state index is 13.1. The number of urea groups is 1. The van der Waals surface area contributed by atoms with Crippen LogP contribution in [0.3, 0.4) is 0 Å². The van der Waals surface area contributed by atoms with Crippen molar-refractivity contribution in [1.82, 2.24) is 15.1 Å². The number of likely N-dealkylation sites (tertiary alicyclic amines) is 1. The molecule has 7 heteroatoms. The zero-order valence-electron chi connectivity index (χ0n) is 17.6. The summed E-state index contributed by atoms with van der Waals surface area (Å²) in [5.41, 5.74) is 0.172. The number of benzene rings is 2. The summed E-state index contributed by atoms with van der Waals surface area (Å²) in [4.78, 5) is 41.4. The number of hydrogen-bond acceptors (Lipinski definition) is 4. The summed E-state index contributed by atoms with van der Waals surface area (Å²) < 4.78 is 5.74. The predicted molar refractivity (Wildman–Crippen MR) is 115 cm³/mol. The minimum Gasteiger partial charge on any atom is -0.481 e. The van der Waals surface area contributed by atoms with Gasteiger partial charge in [0.2, 0.25) is 0 Å². The maximum Gasteiger partial charge on any atom is 0.325 e. The predicted octanol–water partition coefficient (Wildman–Crippen LogP) is 2.61. The number of ether oxygens (including phenoxy) is 1. The molecule has 2 aliphatic heterocycles. The lowest BCUT2D eigenvalue weighted by atomic mass is 9.87. The van der Waals surface area contributed by atoms with Crippen LogP contribution in [0.2, 0.25) is 0 Å². The second-order valence-corrected chi connectivity index (χ2v) is 8.10. The Kier molecular flexibility index (Phi) is 5.93. The summed E-state index contributed by atoms with van der Waals surface area (Å²) >= 11 is 0. The number of hydrogen-bond donors (Lipinski definition) is 1.